The Bertz CT molecular complexity index is 1790. The van der Waals surface area contributed by atoms with Gasteiger partial charge in [-0.05, 0) is 63.4 Å². The van der Waals surface area contributed by atoms with Gasteiger partial charge >= 0.3 is 6.09 Å². The molecule has 12 heteroatoms. The number of piperidine rings is 1. The Morgan fingerprint density at radius 3 is 2.56 bits per heavy atom. The van der Waals surface area contributed by atoms with Crippen LogP contribution in [0.1, 0.15) is 66.0 Å². The molecule has 234 valence electrons. The highest BCUT2D eigenvalue weighted by Crippen LogP contribution is 2.49. The highest BCUT2D eigenvalue weighted by molar-refractivity contribution is 7.21. The summed E-state index contributed by atoms with van der Waals surface area (Å²) in [7, 11) is 0. The number of likely N-dealkylation sites (tertiary alicyclic amines) is 1. The molecule has 1 saturated heterocycles. The van der Waals surface area contributed by atoms with Gasteiger partial charge in [-0.2, -0.15) is 0 Å². The second-order valence-corrected chi connectivity index (χ2v) is 13.5. The lowest BCUT2D eigenvalue weighted by molar-refractivity contribution is -0.124. The number of ether oxygens (including phenoxy) is 2. The molecule has 3 heterocycles. The van der Waals surface area contributed by atoms with Crippen LogP contribution in [0, 0.1) is 0 Å². The number of anilines is 1. The third kappa shape index (κ3) is 5.60. The summed E-state index contributed by atoms with van der Waals surface area (Å²) < 4.78 is 12.0. The molecule has 0 unspecified atom stereocenters. The van der Waals surface area contributed by atoms with E-state index < -0.39 is 29.1 Å². The van der Waals surface area contributed by atoms with E-state index in [9.17, 15) is 14.4 Å². The summed E-state index contributed by atoms with van der Waals surface area (Å²) in [6, 6.07) is 14.5. The van der Waals surface area contributed by atoms with Gasteiger partial charge in [-0.15, -0.1) is 11.3 Å². The van der Waals surface area contributed by atoms with Crippen LogP contribution in [0.3, 0.4) is 0 Å². The summed E-state index contributed by atoms with van der Waals surface area (Å²) in [5.41, 5.74) is 19.5. The molecule has 2 aromatic carbocycles. The number of nitrogens with one attached hydrogen (secondary N) is 1. The van der Waals surface area contributed by atoms with Gasteiger partial charge in [0.05, 0.1) is 15.6 Å². The smallest absolute Gasteiger partial charge is 0.410 e. The molecule has 2 aromatic heterocycles. The van der Waals surface area contributed by atoms with E-state index in [1.165, 1.54) is 17.5 Å². The minimum atomic E-state index is -1.64. The van der Waals surface area contributed by atoms with Crippen molar-refractivity contribution in [3.05, 3.63) is 82.4 Å². The van der Waals surface area contributed by atoms with Crippen molar-refractivity contribution >= 4 is 44.9 Å². The second-order valence-electron chi connectivity index (χ2n) is 12.4. The van der Waals surface area contributed by atoms with Crippen LogP contribution >= 0.6 is 11.3 Å². The van der Waals surface area contributed by atoms with Gasteiger partial charge in [0.25, 0.3) is 5.91 Å². The third-order valence-electron chi connectivity index (χ3n) is 8.09. The van der Waals surface area contributed by atoms with Crippen molar-refractivity contribution in [3.8, 4) is 11.6 Å². The Morgan fingerprint density at radius 1 is 1.11 bits per heavy atom. The van der Waals surface area contributed by atoms with Gasteiger partial charge in [-0.25, -0.2) is 9.78 Å². The largest absolute Gasteiger partial charge is 0.444 e. The fourth-order valence-electron chi connectivity index (χ4n) is 5.97. The van der Waals surface area contributed by atoms with Crippen LogP contribution in [0.25, 0.3) is 10.1 Å². The van der Waals surface area contributed by atoms with E-state index in [2.05, 4.69) is 10.3 Å². The van der Waals surface area contributed by atoms with Crippen LogP contribution in [0.4, 0.5) is 10.5 Å². The van der Waals surface area contributed by atoms with E-state index in [4.69, 9.17) is 26.7 Å². The van der Waals surface area contributed by atoms with Crippen LogP contribution in [-0.4, -0.2) is 52.4 Å². The fourth-order valence-corrected chi connectivity index (χ4v) is 7.17. The summed E-state index contributed by atoms with van der Waals surface area (Å²) in [4.78, 5) is 46.9. The number of nitrogen functional groups attached to an aromatic ring is 1. The first kappa shape index (κ1) is 30.5. The van der Waals surface area contributed by atoms with E-state index in [0.29, 0.717) is 74.9 Å². The zero-order chi connectivity index (χ0) is 32.1. The van der Waals surface area contributed by atoms with Crippen molar-refractivity contribution < 1.29 is 23.9 Å². The monoisotopic (exact) mass is 628 g/mol. The van der Waals surface area contributed by atoms with Crippen molar-refractivity contribution in [3.63, 3.8) is 0 Å². The van der Waals surface area contributed by atoms with Crippen LogP contribution < -0.4 is 27.3 Å². The van der Waals surface area contributed by atoms with Crippen molar-refractivity contribution in [2.45, 2.75) is 56.8 Å². The molecule has 7 N–H and O–H groups in total. The van der Waals surface area contributed by atoms with Gasteiger partial charge in [0.15, 0.2) is 5.78 Å². The molecule has 1 aliphatic heterocycles. The summed E-state index contributed by atoms with van der Waals surface area (Å²) in [5.74, 6) is 0.104. The van der Waals surface area contributed by atoms with Gasteiger partial charge in [0, 0.05) is 53.6 Å². The highest BCUT2D eigenvalue weighted by Gasteiger charge is 2.49. The maximum Gasteiger partial charge on any atom is 0.410 e. The molecule has 45 heavy (non-hydrogen) atoms. The summed E-state index contributed by atoms with van der Waals surface area (Å²) in [5, 5.41) is 3.66. The summed E-state index contributed by atoms with van der Waals surface area (Å²) in [6.07, 6.45) is 2.48. The Kier molecular flexibility index (Phi) is 7.76. The molecule has 1 aliphatic carbocycles. The molecule has 6 rings (SSSR count). The van der Waals surface area contributed by atoms with E-state index in [0.717, 1.165) is 0 Å². The Morgan fingerprint density at radius 2 is 1.87 bits per heavy atom. The zero-order valence-electron chi connectivity index (χ0n) is 25.3. The summed E-state index contributed by atoms with van der Waals surface area (Å²) >= 11 is 1.18. The molecule has 4 aromatic rings. The molecule has 2 amide bonds. The number of hydrogen-bond acceptors (Lipinski definition) is 10. The number of carbonyl (C=O) groups excluding carboxylic acids is 3. The minimum Gasteiger partial charge on any atom is -0.444 e. The number of amides is 2. The number of ketones is 1. The lowest BCUT2D eigenvalue weighted by atomic mass is 9.71. The van der Waals surface area contributed by atoms with Gasteiger partial charge in [0.2, 0.25) is 5.88 Å². The molecular formula is C33H36N6O5S. The SMILES string of the molecule is CC(C)(C)OC(=O)N1CCC[C@@H](NC(=O)c2sc3c(N)ccc4c3c2[C@@H](N)C(=O)[C@]4(N)c2ccc(Oc3ccccc3)nc2)C1. The van der Waals surface area contributed by atoms with Gasteiger partial charge in [-0.1, -0.05) is 24.3 Å². The second kappa shape index (κ2) is 11.4. The maximum absolute atomic E-state index is 14.1. The molecule has 2 aliphatic rings. The van der Waals surface area contributed by atoms with Gasteiger partial charge in [0.1, 0.15) is 16.9 Å². The molecule has 0 saturated carbocycles. The van der Waals surface area contributed by atoms with E-state index in [1.54, 1.807) is 29.2 Å². The molecular weight excluding hydrogens is 592 g/mol. The number of para-hydroxylation sites is 1. The Balaban J connectivity index is 1.31. The van der Waals surface area contributed by atoms with Crippen LogP contribution in [-0.2, 0) is 15.1 Å². The van der Waals surface area contributed by atoms with Crippen LogP contribution in [0.2, 0.25) is 0 Å². The average Bonchev–Trinajstić information content (AvgIpc) is 3.42. The van der Waals surface area contributed by atoms with Crippen molar-refractivity contribution in [2.75, 3.05) is 18.8 Å². The molecule has 0 radical (unpaired) electrons. The van der Waals surface area contributed by atoms with E-state index in [-0.39, 0.29) is 11.9 Å². The Hall–Kier alpha value is -4.52. The number of Topliss-reactive ketones (excluding diaryl/α,β-unsaturated/α-hetero) is 1. The molecule has 11 nitrogen and oxygen atoms in total. The fraction of sp³-hybridized carbons (Fsp3) is 0.333. The standard InChI is InChI=1S/C33H36N6O5S/c1-32(2,3)44-31(42)39-15-7-8-19(17-39)38-30(41)28-25-24-21(12-13-22(34)27(24)45-28)33(36,29(40)26(25)35)18-11-14-23(37-16-18)43-20-9-5-4-6-10-20/h4-6,9-14,16,19,26H,7-8,15,17,34-36H2,1-3H3,(H,38,41)/t19-,26-,33+/m1/s1. The van der Waals surface area contributed by atoms with Crippen LogP contribution in [0.5, 0.6) is 11.6 Å². The Labute approximate surface area is 264 Å². The lowest BCUT2D eigenvalue weighted by Gasteiger charge is -2.36. The molecule has 0 bridgehead atoms. The predicted molar refractivity (Wildman–Crippen MR) is 172 cm³/mol. The first-order valence-corrected chi connectivity index (χ1v) is 15.6. The molecule has 1 fully saturated rings. The van der Waals surface area contributed by atoms with Crippen molar-refractivity contribution in [1.82, 2.24) is 15.2 Å². The predicted octanol–water partition coefficient (Wildman–Crippen LogP) is 4.58. The maximum atomic E-state index is 14.1. The third-order valence-corrected chi connectivity index (χ3v) is 9.34. The van der Waals surface area contributed by atoms with Crippen LogP contribution in [0.15, 0.2) is 60.8 Å². The van der Waals surface area contributed by atoms with E-state index >= 15 is 0 Å². The molecule has 0 spiro atoms. The van der Waals surface area contributed by atoms with E-state index in [1.807, 2.05) is 51.1 Å². The number of thiophene rings is 1. The average molecular weight is 629 g/mol. The number of aromatic nitrogens is 1. The summed E-state index contributed by atoms with van der Waals surface area (Å²) in [6.45, 7) is 6.29. The van der Waals surface area contributed by atoms with Gasteiger partial charge < -0.3 is 36.9 Å². The zero-order valence-corrected chi connectivity index (χ0v) is 26.1. The quantitative estimate of drug-likeness (QED) is 0.230. The molecule has 3 atom stereocenters. The number of rotatable bonds is 5. The van der Waals surface area contributed by atoms with Gasteiger partial charge in [-0.3, -0.25) is 9.59 Å². The normalized spacial score (nSPS) is 21.4. The number of nitrogens with zero attached hydrogens (tertiary/aromatic N) is 2. The lowest BCUT2D eigenvalue weighted by Crippen LogP contribution is -2.53. The highest BCUT2D eigenvalue weighted by atomic mass is 32.1. The number of nitrogens with two attached hydrogens (primary N) is 3. The number of benzene rings is 2. The van der Waals surface area contributed by atoms with Crippen molar-refractivity contribution in [1.29, 1.82) is 0 Å². The number of pyridine rings is 1. The first-order chi connectivity index (χ1) is 21.4. The topological polar surface area (TPSA) is 176 Å². The minimum absolute atomic E-state index is 0.297. The first-order valence-electron chi connectivity index (χ1n) is 14.8. The number of carbonyl (C=O) groups is 3. The van der Waals surface area contributed by atoms with Crippen molar-refractivity contribution in [2.24, 2.45) is 11.5 Å². The number of hydrogen-bond donors (Lipinski definition) is 4.